The van der Waals surface area contributed by atoms with Gasteiger partial charge < -0.3 is 5.32 Å². The fourth-order valence-corrected chi connectivity index (χ4v) is 3.82. The van der Waals surface area contributed by atoms with Gasteiger partial charge in [-0.2, -0.15) is 0 Å². The van der Waals surface area contributed by atoms with Crippen molar-refractivity contribution in [2.45, 2.75) is 32.1 Å². The SMILES string of the molecule is CCc1nc(CC(=O)NCCC(c2ccccc2)c2ccccc2)cs1. The molecule has 2 aromatic carbocycles. The van der Waals surface area contributed by atoms with Crippen LogP contribution in [0, 0.1) is 0 Å². The first-order valence-corrected chi connectivity index (χ1v) is 9.94. The monoisotopic (exact) mass is 364 g/mol. The van der Waals surface area contributed by atoms with Gasteiger partial charge in [0.15, 0.2) is 0 Å². The molecule has 0 aliphatic heterocycles. The molecule has 3 rings (SSSR count). The van der Waals surface area contributed by atoms with E-state index in [1.807, 2.05) is 17.5 Å². The van der Waals surface area contributed by atoms with Crippen molar-refractivity contribution in [3.8, 4) is 0 Å². The second-order valence-electron chi connectivity index (χ2n) is 6.28. The van der Waals surface area contributed by atoms with Gasteiger partial charge in [-0.25, -0.2) is 4.98 Å². The average molecular weight is 365 g/mol. The maximum atomic E-state index is 12.2. The second kappa shape index (κ2) is 9.30. The summed E-state index contributed by atoms with van der Waals surface area (Å²) in [6, 6.07) is 20.9. The molecule has 0 radical (unpaired) electrons. The molecule has 26 heavy (non-hydrogen) atoms. The Morgan fingerprint density at radius 1 is 1.04 bits per heavy atom. The third kappa shape index (κ3) is 5.02. The Morgan fingerprint density at radius 2 is 1.65 bits per heavy atom. The Labute approximate surface area is 159 Å². The zero-order valence-corrected chi connectivity index (χ0v) is 15.8. The molecule has 0 atom stereocenters. The van der Waals surface area contributed by atoms with Crippen molar-refractivity contribution in [1.82, 2.24) is 10.3 Å². The molecular formula is C22H24N2OS. The summed E-state index contributed by atoms with van der Waals surface area (Å²) in [6.07, 6.45) is 2.15. The van der Waals surface area contributed by atoms with E-state index in [0.29, 0.717) is 13.0 Å². The van der Waals surface area contributed by atoms with Gasteiger partial charge in [0, 0.05) is 17.8 Å². The number of carbonyl (C=O) groups excluding carboxylic acids is 1. The Morgan fingerprint density at radius 3 is 2.19 bits per heavy atom. The molecule has 1 amide bonds. The molecule has 0 bridgehead atoms. The van der Waals surface area contributed by atoms with Crippen molar-refractivity contribution in [3.05, 3.63) is 87.9 Å². The van der Waals surface area contributed by atoms with Crippen molar-refractivity contribution in [3.63, 3.8) is 0 Å². The Kier molecular flexibility index (Phi) is 6.56. The number of nitrogens with zero attached hydrogens (tertiary/aromatic N) is 1. The molecule has 134 valence electrons. The van der Waals surface area contributed by atoms with Gasteiger partial charge in [0.25, 0.3) is 0 Å². The zero-order valence-electron chi connectivity index (χ0n) is 15.0. The number of thiazole rings is 1. The van der Waals surface area contributed by atoms with E-state index in [4.69, 9.17) is 0 Å². The summed E-state index contributed by atoms with van der Waals surface area (Å²) in [5.41, 5.74) is 3.42. The molecule has 0 spiro atoms. The molecular weight excluding hydrogens is 340 g/mol. The van der Waals surface area contributed by atoms with Crippen LogP contribution in [0.2, 0.25) is 0 Å². The van der Waals surface area contributed by atoms with Gasteiger partial charge in [-0.15, -0.1) is 11.3 Å². The number of hydrogen-bond donors (Lipinski definition) is 1. The van der Waals surface area contributed by atoms with Gasteiger partial charge >= 0.3 is 0 Å². The van der Waals surface area contributed by atoms with Crippen LogP contribution in [0.15, 0.2) is 66.0 Å². The predicted octanol–water partition coefficient (Wildman–Crippen LogP) is 4.59. The minimum Gasteiger partial charge on any atom is -0.356 e. The van der Waals surface area contributed by atoms with E-state index in [1.165, 1.54) is 11.1 Å². The number of rotatable bonds is 8. The number of nitrogens with one attached hydrogen (secondary N) is 1. The summed E-state index contributed by atoms with van der Waals surface area (Å²) >= 11 is 1.62. The summed E-state index contributed by atoms with van der Waals surface area (Å²) in [5, 5.41) is 6.12. The molecule has 0 unspecified atom stereocenters. The topological polar surface area (TPSA) is 42.0 Å². The minimum atomic E-state index is 0.0397. The third-order valence-electron chi connectivity index (χ3n) is 4.40. The van der Waals surface area contributed by atoms with E-state index in [-0.39, 0.29) is 11.8 Å². The van der Waals surface area contributed by atoms with E-state index in [0.717, 1.165) is 23.5 Å². The highest BCUT2D eigenvalue weighted by atomic mass is 32.1. The van der Waals surface area contributed by atoms with Gasteiger partial charge in [-0.3, -0.25) is 4.79 Å². The van der Waals surface area contributed by atoms with Gasteiger partial charge in [0.1, 0.15) is 0 Å². The number of carbonyl (C=O) groups is 1. The lowest BCUT2D eigenvalue weighted by atomic mass is 9.88. The quantitative estimate of drug-likeness (QED) is 0.635. The zero-order chi connectivity index (χ0) is 18.2. The van der Waals surface area contributed by atoms with Crippen LogP contribution in [0.1, 0.15) is 41.1 Å². The van der Waals surface area contributed by atoms with Gasteiger partial charge in [-0.05, 0) is 24.0 Å². The first-order valence-electron chi connectivity index (χ1n) is 9.06. The van der Waals surface area contributed by atoms with Crippen molar-refractivity contribution in [1.29, 1.82) is 0 Å². The molecule has 0 aliphatic carbocycles. The van der Waals surface area contributed by atoms with Crippen LogP contribution >= 0.6 is 11.3 Å². The number of aryl methyl sites for hydroxylation is 1. The number of hydrogen-bond acceptors (Lipinski definition) is 3. The number of benzene rings is 2. The molecule has 1 aromatic heterocycles. The normalized spacial score (nSPS) is 10.8. The maximum absolute atomic E-state index is 12.2. The average Bonchev–Trinajstić information content (AvgIpc) is 3.14. The summed E-state index contributed by atoms with van der Waals surface area (Å²) in [4.78, 5) is 16.7. The fourth-order valence-electron chi connectivity index (χ4n) is 3.07. The first-order chi connectivity index (χ1) is 12.8. The Balaban J connectivity index is 1.58. The van der Waals surface area contributed by atoms with Crippen LogP contribution in [0.5, 0.6) is 0 Å². The van der Waals surface area contributed by atoms with Gasteiger partial charge in [0.05, 0.1) is 17.1 Å². The molecule has 1 heterocycles. The lowest BCUT2D eigenvalue weighted by Gasteiger charge is -2.18. The molecule has 0 aliphatic rings. The predicted molar refractivity (Wildman–Crippen MR) is 108 cm³/mol. The summed E-state index contributed by atoms with van der Waals surface area (Å²) in [5.74, 6) is 0.321. The lowest BCUT2D eigenvalue weighted by Crippen LogP contribution is -2.27. The first kappa shape index (κ1) is 18.3. The molecule has 0 saturated heterocycles. The van der Waals surface area contributed by atoms with Crippen LogP contribution in [0.25, 0.3) is 0 Å². The van der Waals surface area contributed by atoms with Crippen molar-refractivity contribution in [2.24, 2.45) is 0 Å². The van der Waals surface area contributed by atoms with Crippen LogP contribution in [0.3, 0.4) is 0 Å². The molecule has 3 nitrogen and oxygen atoms in total. The van der Waals surface area contributed by atoms with Crippen molar-refractivity contribution < 1.29 is 4.79 Å². The maximum Gasteiger partial charge on any atom is 0.226 e. The number of amides is 1. The van der Waals surface area contributed by atoms with Crippen LogP contribution in [-0.2, 0) is 17.6 Å². The van der Waals surface area contributed by atoms with E-state index in [1.54, 1.807) is 11.3 Å². The summed E-state index contributed by atoms with van der Waals surface area (Å²) < 4.78 is 0. The Hall–Kier alpha value is -2.46. The molecule has 0 saturated carbocycles. The molecule has 3 aromatic rings. The molecule has 1 N–H and O–H groups in total. The summed E-state index contributed by atoms with van der Waals surface area (Å²) in [7, 11) is 0. The van der Waals surface area contributed by atoms with Crippen molar-refractivity contribution in [2.75, 3.05) is 6.54 Å². The molecule has 0 fully saturated rings. The smallest absolute Gasteiger partial charge is 0.226 e. The standard InChI is InChI=1S/C22H24N2OS/c1-2-22-24-19(16-26-22)15-21(25)23-14-13-20(17-9-5-3-6-10-17)18-11-7-4-8-12-18/h3-12,16,20H,2,13-15H2,1H3,(H,23,25). The highest BCUT2D eigenvalue weighted by Gasteiger charge is 2.14. The lowest BCUT2D eigenvalue weighted by molar-refractivity contribution is -0.120. The van der Waals surface area contributed by atoms with E-state index in [2.05, 4.69) is 65.8 Å². The highest BCUT2D eigenvalue weighted by Crippen LogP contribution is 2.27. The van der Waals surface area contributed by atoms with E-state index >= 15 is 0 Å². The minimum absolute atomic E-state index is 0.0397. The number of aromatic nitrogens is 1. The largest absolute Gasteiger partial charge is 0.356 e. The van der Waals surface area contributed by atoms with Crippen LogP contribution in [0.4, 0.5) is 0 Å². The second-order valence-corrected chi connectivity index (χ2v) is 7.22. The van der Waals surface area contributed by atoms with Crippen LogP contribution in [-0.4, -0.2) is 17.4 Å². The summed E-state index contributed by atoms with van der Waals surface area (Å²) in [6.45, 7) is 2.73. The van der Waals surface area contributed by atoms with Gasteiger partial charge in [-0.1, -0.05) is 67.6 Å². The van der Waals surface area contributed by atoms with Crippen molar-refractivity contribution >= 4 is 17.2 Å². The Bertz CT molecular complexity index is 775. The van der Waals surface area contributed by atoms with Gasteiger partial charge in [0.2, 0.25) is 5.91 Å². The highest BCUT2D eigenvalue weighted by molar-refractivity contribution is 7.09. The van der Waals surface area contributed by atoms with E-state index in [9.17, 15) is 4.79 Å². The van der Waals surface area contributed by atoms with E-state index < -0.39 is 0 Å². The molecule has 4 heteroatoms. The fraction of sp³-hybridized carbons (Fsp3) is 0.273. The third-order valence-corrected chi connectivity index (χ3v) is 5.44. The van der Waals surface area contributed by atoms with Crippen LogP contribution < -0.4 is 5.32 Å².